The van der Waals surface area contributed by atoms with Gasteiger partial charge in [-0.1, -0.05) is 39.5 Å². The van der Waals surface area contributed by atoms with Gasteiger partial charge >= 0.3 is 0 Å². The summed E-state index contributed by atoms with van der Waals surface area (Å²) in [5.41, 5.74) is 0. The van der Waals surface area contributed by atoms with Gasteiger partial charge in [-0.05, 0) is 52.0 Å². The molecule has 2 rings (SSSR count). The number of unbranched alkanes of at least 4 members (excludes halogenated alkanes) is 3. The van der Waals surface area contributed by atoms with Gasteiger partial charge in [0.1, 0.15) is 0 Å². The fourth-order valence-electron chi connectivity index (χ4n) is 4.35. The zero-order chi connectivity index (χ0) is 14.4. The first-order valence-corrected chi connectivity index (χ1v) is 9.26. The van der Waals surface area contributed by atoms with Crippen LogP contribution in [0, 0.1) is 0 Å². The Balaban J connectivity index is 1.82. The van der Waals surface area contributed by atoms with Crippen molar-refractivity contribution in [3.63, 3.8) is 0 Å². The average molecular weight is 280 g/mol. The summed E-state index contributed by atoms with van der Waals surface area (Å²) in [5.74, 6) is 0. The highest BCUT2D eigenvalue weighted by molar-refractivity contribution is 4.96. The Morgan fingerprint density at radius 3 is 2.30 bits per heavy atom. The number of nitrogens with zero attached hydrogens (tertiary/aromatic N) is 1. The van der Waals surface area contributed by atoms with Crippen LogP contribution in [0.3, 0.4) is 0 Å². The Labute approximate surface area is 126 Å². The molecule has 0 aromatic carbocycles. The molecule has 2 saturated heterocycles. The minimum Gasteiger partial charge on any atom is -0.311 e. The second-order valence-corrected chi connectivity index (χ2v) is 7.20. The van der Waals surface area contributed by atoms with Gasteiger partial charge in [0.05, 0.1) is 0 Å². The Bertz CT molecular complexity index is 254. The molecular formula is C18H36N2. The number of hydrogen-bond donors (Lipinski definition) is 1. The van der Waals surface area contributed by atoms with Crippen molar-refractivity contribution >= 4 is 0 Å². The molecule has 0 spiro atoms. The van der Waals surface area contributed by atoms with Gasteiger partial charge in [-0.15, -0.1) is 0 Å². The van der Waals surface area contributed by atoms with E-state index in [1.165, 1.54) is 70.8 Å². The van der Waals surface area contributed by atoms with Crippen LogP contribution < -0.4 is 5.32 Å². The standard InChI is InChI=1S/C18H36N2/c1-4-6-7-8-9-15(3)20(12-5-2)18-13-16-10-11-17(14-18)19-16/h15-19H,4-14H2,1-3H3. The van der Waals surface area contributed by atoms with Gasteiger partial charge in [-0.2, -0.15) is 0 Å². The Kier molecular flexibility index (Phi) is 6.83. The predicted octanol–water partition coefficient (Wildman–Crippen LogP) is 4.34. The summed E-state index contributed by atoms with van der Waals surface area (Å²) in [6.07, 6.45) is 14.0. The largest absolute Gasteiger partial charge is 0.311 e. The first kappa shape index (κ1) is 16.3. The average Bonchev–Trinajstić information content (AvgIpc) is 2.79. The second kappa shape index (κ2) is 8.38. The van der Waals surface area contributed by atoms with Crippen molar-refractivity contribution in [2.75, 3.05) is 6.54 Å². The third kappa shape index (κ3) is 4.46. The molecule has 2 heteroatoms. The molecule has 118 valence electrons. The number of piperidine rings is 1. The summed E-state index contributed by atoms with van der Waals surface area (Å²) in [6.45, 7) is 8.43. The van der Waals surface area contributed by atoms with E-state index in [0.717, 1.165) is 24.2 Å². The number of fused-ring (bicyclic) bond motifs is 2. The highest BCUT2D eigenvalue weighted by atomic mass is 15.2. The molecule has 2 aliphatic rings. The summed E-state index contributed by atoms with van der Waals surface area (Å²) in [4.78, 5) is 2.86. The van der Waals surface area contributed by atoms with Crippen LogP contribution in [0.2, 0.25) is 0 Å². The maximum atomic E-state index is 3.79. The van der Waals surface area contributed by atoms with Gasteiger partial charge in [-0.25, -0.2) is 0 Å². The van der Waals surface area contributed by atoms with Gasteiger partial charge in [0.15, 0.2) is 0 Å². The zero-order valence-electron chi connectivity index (χ0n) is 14.0. The van der Waals surface area contributed by atoms with Crippen molar-refractivity contribution in [2.45, 2.75) is 109 Å². The summed E-state index contributed by atoms with van der Waals surface area (Å²) >= 11 is 0. The lowest BCUT2D eigenvalue weighted by atomic mass is 9.95. The van der Waals surface area contributed by atoms with Crippen LogP contribution >= 0.6 is 0 Å². The van der Waals surface area contributed by atoms with E-state index >= 15 is 0 Å². The number of nitrogens with one attached hydrogen (secondary N) is 1. The Morgan fingerprint density at radius 1 is 1.00 bits per heavy atom. The smallest absolute Gasteiger partial charge is 0.0128 e. The van der Waals surface area contributed by atoms with Gasteiger partial charge in [0.25, 0.3) is 0 Å². The SMILES string of the molecule is CCCCCCC(C)N(CCC)C1CC2CCC(C1)N2. The van der Waals surface area contributed by atoms with Gasteiger partial charge in [0, 0.05) is 24.2 Å². The molecule has 0 saturated carbocycles. The van der Waals surface area contributed by atoms with E-state index in [-0.39, 0.29) is 0 Å². The molecule has 2 fully saturated rings. The zero-order valence-corrected chi connectivity index (χ0v) is 14.0. The molecule has 2 bridgehead atoms. The maximum absolute atomic E-state index is 3.79. The molecule has 20 heavy (non-hydrogen) atoms. The number of hydrogen-bond acceptors (Lipinski definition) is 2. The van der Waals surface area contributed by atoms with Crippen LogP contribution in [0.1, 0.15) is 85.0 Å². The summed E-state index contributed by atoms with van der Waals surface area (Å²) in [7, 11) is 0. The fraction of sp³-hybridized carbons (Fsp3) is 1.00. The van der Waals surface area contributed by atoms with Crippen LogP contribution in [0.4, 0.5) is 0 Å². The van der Waals surface area contributed by atoms with Crippen molar-refractivity contribution < 1.29 is 0 Å². The van der Waals surface area contributed by atoms with Crippen LogP contribution in [0.25, 0.3) is 0 Å². The van der Waals surface area contributed by atoms with Crippen LogP contribution in [-0.2, 0) is 0 Å². The Hall–Kier alpha value is -0.0800. The number of rotatable bonds is 9. The first-order valence-electron chi connectivity index (χ1n) is 9.26. The van der Waals surface area contributed by atoms with Crippen molar-refractivity contribution in [1.29, 1.82) is 0 Å². The van der Waals surface area contributed by atoms with Crippen molar-refractivity contribution in [3.8, 4) is 0 Å². The van der Waals surface area contributed by atoms with E-state index < -0.39 is 0 Å². The highest BCUT2D eigenvalue weighted by Gasteiger charge is 2.36. The molecule has 3 unspecified atom stereocenters. The van der Waals surface area contributed by atoms with E-state index in [2.05, 4.69) is 31.0 Å². The van der Waals surface area contributed by atoms with Gasteiger partial charge < -0.3 is 5.32 Å². The molecule has 2 nitrogen and oxygen atoms in total. The van der Waals surface area contributed by atoms with Crippen molar-refractivity contribution in [3.05, 3.63) is 0 Å². The Morgan fingerprint density at radius 2 is 1.70 bits per heavy atom. The molecule has 2 heterocycles. The van der Waals surface area contributed by atoms with Crippen molar-refractivity contribution in [1.82, 2.24) is 10.2 Å². The molecule has 1 N–H and O–H groups in total. The fourth-order valence-corrected chi connectivity index (χ4v) is 4.35. The van der Waals surface area contributed by atoms with E-state index in [1.807, 2.05) is 0 Å². The molecule has 0 radical (unpaired) electrons. The summed E-state index contributed by atoms with van der Waals surface area (Å²) < 4.78 is 0. The van der Waals surface area contributed by atoms with Crippen LogP contribution in [0.15, 0.2) is 0 Å². The van der Waals surface area contributed by atoms with Gasteiger partial charge in [-0.3, -0.25) is 4.90 Å². The second-order valence-electron chi connectivity index (χ2n) is 7.20. The third-order valence-electron chi connectivity index (χ3n) is 5.44. The van der Waals surface area contributed by atoms with E-state index in [4.69, 9.17) is 0 Å². The minimum atomic E-state index is 0.786. The summed E-state index contributed by atoms with van der Waals surface area (Å²) in [6, 6.07) is 3.29. The predicted molar refractivity (Wildman–Crippen MR) is 88.2 cm³/mol. The summed E-state index contributed by atoms with van der Waals surface area (Å²) in [5, 5.41) is 3.79. The minimum absolute atomic E-state index is 0.786. The monoisotopic (exact) mass is 280 g/mol. The van der Waals surface area contributed by atoms with Crippen LogP contribution in [0.5, 0.6) is 0 Å². The third-order valence-corrected chi connectivity index (χ3v) is 5.44. The van der Waals surface area contributed by atoms with E-state index in [1.54, 1.807) is 0 Å². The highest BCUT2D eigenvalue weighted by Crippen LogP contribution is 2.31. The molecule has 0 aromatic heterocycles. The normalized spacial score (nSPS) is 30.9. The van der Waals surface area contributed by atoms with Gasteiger partial charge in [0.2, 0.25) is 0 Å². The topological polar surface area (TPSA) is 15.3 Å². The van der Waals surface area contributed by atoms with E-state index in [9.17, 15) is 0 Å². The molecule has 3 atom stereocenters. The lowest BCUT2D eigenvalue weighted by molar-refractivity contribution is 0.0953. The molecule has 2 aliphatic heterocycles. The first-order chi connectivity index (χ1) is 9.74. The quantitative estimate of drug-likeness (QED) is 0.632. The molecule has 0 aromatic rings. The van der Waals surface area contributed by atoms with E-state index in [0.29, 0.717) is 0 Å². The van der Waals surface area contributed by atoms with Crippen molar-refractivity contribution in [2.24, 2.45) is 0 Å². The maximum Gasteiger partial charge on any atom is 0.0128 e. The lowest BCUT2D eigenvalue weighted by Crippen LogP contribution is -2.51. The molecular weight excluding hydrogens is 244 g/mol. The van der Waals surface area contributed by atoms with Crippen LogP contribution in [-0.4, -0.2) is 35.6 Å². The molecule has 0 amide bonds. The lowest BCUT2D eigenvalue weighted by Gasteiger charge is -2.41. The molecule has 0 aliphatic carbocycles.